The zero-order valence-corrected chi connectivity index (χ0v) is 32.0. The molecule has 0 heterocycles. The van der Waals surface area contributed by atoms with E-state index in [2.05, 4.69) is 51.2 Å². The van der Waals surface area contributed by atoms with E-state index in [0.717, 1.165) is 90.4 Å². The first-order valence-electron chi connectivity index (χ1n) is 15.2. The van der Waals surface area contributed by atoms with Crippen molar-refractivity contribution >= 4 is 48.1 Å². The van der Waals surface area contributed by atoms with Crippen molar-refractivity contribution in [2.24, 2.45) is 0 Å². The van der Waals surface area contributed by atoms with E-state index >= 15 is 0 Å². The number of fused-ring (bicyclic) bond motifs is 2. The number of benzene rings is 4. The van der Waals surface area contributed by atoms with Crippen LogP contribution in [0.5, 0.6) is 0 Å². The van der Waals surface area contributed by atoms with E-state index < -0.39 is 44.3 Å². The van der Waals surface area contributed by atoms with Crippen LogP contribution in [-0.2, 0) is 46.0 Å². The average Bonchev–Trinajstić information content (AvgIpc) is 3.69. The molecule has 0 amide bonds. The van der Waals surface area contributed by atoms with Crippen molar-refractivity contribution in [2.45, 2.75) is 52.1 Å². The third kappa shape index (κ3) is 10.7. The Labute approximate surface area is 299 Å². The molecule has 10 heteroatoms. The predicted octanol–water partition coefficient (Wildman–Crippen LogP) is 13.5. The SMILES string of the molecule is CCc1cc2c(-c3ccc(C(F)(F)F)cc3)cccc2[cH-]1.CCc1cc2c(-c3ccc(C(F)(F)F)cc3)cccc2[cH-]1.C[SiH]C.[Cl][Zr+2][Cl]. The van der Waals surface area contributed by atoms with Crippen molar-refractivity contribution in [3.63, 3.8) is 0 Å². The van der Waals surface area contributed by atoms with Gasteiger partial charge in [-0.15, -0.1) is 69.1 Å². The van der Waals surface area contributed by atoms with Gasteiger partial charge in [0.05, 0.1) is 11.1 Å². The molecule has 6 rings (SSSR count). The Morgan fingerprint density at radius 1 is 0.583 bits per heavy atom. The standard InChI is InChI=1S/2C18H14F3.C2H7Si.2ClH.Zr/c2*1-2-12-10-14-4-3-5-16(17(14)11-12)13-6-8-15(9-7-13)18(19,20)21;1-3-2;;;/h2*3-11H,2H2,1H3;3H,1-2H3;2*1H;/q2*-1;;;;+4/p-2. The maximum atomic E-state index is 12.6. The Balaban J connectivity index is 0.000000224. The summed E-state index contributed by atoms with van der Waals surface area (Å²) in [7, 11) is 10.6. The van der Waals surface area contributed by atoms with Gasteiger partial charge in [0.1, 0.15) is 0 Å². The van der Waals surface area contributed by atoms with E-state index in [0.29, 0.717) is 0 Å². The van der Waals surface area contributed by atoms with Gasteiger partial charge in [0.2, 0.25) is 0 Å². The van der Waals surface area contributed by atoms with Crippen LogP contribution in [0.15, 0.2) is 109 Å². The molecule has 0 N–H and O–H groups in total. The molecule has 0 aromatic heterocycles. The summed E-state index contributed by atoms with van der Waals surface area (Å²) in [5, 5.41) is 4.44. The van der Waals surface area contributed by atoms with E-state index in [1.165, 1.54) is 35.4 Å². The van der Waals surface area contributed by atoms with Crippen molar-refractivity contribution in [1.82, 2.24) is 0 Å². The molecule has 0 aliphatic carbocycles. The van der Waals surface area contributed by atoms with Crippen LogP contribution in [0.1, 0.15) is 36.1 Å². The Morgan fingerprint density at radius 3 is 1.17 bits per heavy atom. The van der Waals surface area contributed by atoms with Crippen molar-refractivity contribution < 1.29 is 47.2 Å². The van der Waals surface area contributed by atoms with Crippen LogP contribution >= 0.6 is 17.0 Å². The first-order valence-corrected chi connectivity index (χ1v) is 23.9. The fourth-order valence-electron chi connectivity index (χ4n) is 5.18. The van der Waals surface area contributed by atoms with Gasteiger partial charge in [0.15, 0.2) is 0 Å². The van der Waals surface area contributed by atoms with E-state index in [9.17, 15) is 26.3 Å². The molecule has 0 nitrogen and oxygen atoms in total. The van der Waals surface area contributed by atoms with Gasteiger partial charge in [-0.25, -0.2) is 0 Å². The van der Waals surface area contributed by atoms with Gasteiger partial charge in [-0.2, -0.15) is 38.5 Å². The summed E-state index contributed by atoms with van der Waals surface area (Å²) < 4.78 is 75.7. The number of rotatable bonds is 4. The summed E-state index contributed by atoms with van der Waals surface area (Å²) in [4.78, 5) is 0. The predicted molar refractivity (Wildman–Crippen MR) is 189 cm³/mol. The summed E-state index contributed by atoms with van der Waals surface area (Å²) in [6, 6.07) is 31.0. The van der Waals surface area contributed by atoms with Gasteiger partial charge < -0.3 is 0 Å². The van der Waals surface area contributed by atoms with Crippen LogP contribution in [0.25, 0.3) is 43.8 Å². The molecule has 251 valence electrons. The van der Waals surface area contributed by atoms with E-state index in [-0.39, 0.29) is 0 Å². The summed E-state index contributed by atoms with van der Waals surface area (Å²) in [6.07, 6.45) is -6.69. The first-order chi connectivity index (χ1) is 22.8. The molecule has 6 aromatic rings. The van der Waals surface area contributed by atoms with Crippen LogP contribution in [0.3, 0.4) is 0 Å². The number of aryl methyl sites for hydroxylation is 2. The van der Waals surface area contributed by atoms with Gasteiger partial charge in [0, 0.05) is 9.52 Å². The molecule has 1 radical (unpaired) electrons. The van der Waals surface area contributed by atoms with E-state index in [4.69, 9.17) is 17.0 Å². The molecule has 48 heavy (non-hydrogen) atoms. The average molecular weight is 796 g/mol. The van der Waals surface area contributed by atoms with Crippen molar-refractivity contribution in [3.05, 3.63) is 131 Å². The fourth-order valence-corrected chi connectivity index (χ4v) is 5.18. The summed E-state index contributed by atoms with van der Waals surface area (Å²) in [5.74, 6) is 0. The van der Waals surface area contributed by atoms with Gasteiger partial charge in [0.25, 0.3) is 0 Å². The molecule has 0 aliphatic rings. The molecule has 0 unspecified atom stereocenters. The second kappa shape index (κ2) is 18.4. The normalized spacial score (nSPS) is 11.1. The van der Waals surface area contributed by atoms with E-state index in [1.54, 1.807) is 0 Å². The van der Waals surface area contributed by atoms with Crippen molar-refractivity contribution in [3.8, 4) is 22.3 Å². The van der Waals surface area contributed by atoms with Crippen LogP contribution in [-0.4, -0.2) is 9.52 Å². The Kier molecular flexibility index (Phi) is 15.2. The topological polar surface area (TPSA) is 0 Å². The molecule has 0 spiro atoms. The van der Waals surface area contributed by atoms with Gasteiger partial charge >= 0.3 is 50.2 Å². The minimum atomic E-state index is -4.29. The number of alkyl halides is 6. The molecule has 0 aliphatic heterocycles. The number of hydrogen-bond acceptors (Lipinski definition) is 0. The molecule has 0 saturated carbocycles. The Hall–Kier alpha value is -2.64. The van der Waals surface area contributed by atoms with Gasteiger partial charge in [-0.3, -0.25) is 0 Å². The number of halogens is 8. The molecule has 0 bridgehead atoms. The van der Waals surface area contributed by atoms with Crippen LogP contribution in [0, 0.1) is 0 Å². The Morgan fingerprint density at radius 2 is 0.896 bits per heavy atom. The van der Waals surface area contributed by atoms with Crippen LogP contribution in [0.4, 0.5) is 26.3 Å². The van der Waals surface area contributed by atoms with E-state index in [1.807, 2.05) is 36.4 Å². The quantitative estimate of drug-likeness (QED) is 0.0947. The van der Waals surface area contributed by atoms with Crippen molar-refractivity contribution in [1.29, 1.82) is 0 Å². The zero-order chi connectivity index (χ0) is 35.5. The third-order valence-corrected chi connectivity index (χ3v) is 7.48. The third-order valence-electron chi connectivity index (χ3n) is 7.48. The molecule has 0 fully saturated rings. The minimum absolute atomic E-state index is 0.616. The first kappa shape index (κ1) is 39.8. The zero-order valence-electron chi connectivity index (χ0n) is 26.9. The number of hydrogen-bond donors (Lipinski definition) is 0. The van der Waals surface area contributed by atoms with Crippen molar-refractivity contribution in [2.75, 3.05) is 0 Å². The monoisotopic (exact) mass is 793 g/mol. The fraction of sp³-hybridized carbons (Fsp3) is 0.211. The Bertz CT molecular complexity index is 1720. The maximum absolute atomic E-state index is 12.6. The van der Waals surface area contributed by atoms with Crippen LogP contribution < -0.4 is 0 Å². The second-order valence-corrected chi connectivity index (χ2v) is 15.7. The summed E-state index contributed by atoms with van der Waals surface area (Å²) in [5.41, 5.74) is 4.81. The van der Waals surface area contributed by atoms with Gasteiger partial charge in [-0.1, -0.05) is 74.5 Å². The second-order valence-electron chi connectivity index (χ2n) is 10.9. The molecular formula is C38H35Cl2F6SiZr. The van der Waals surface area contributed by atoms with Crippen LogP contribution in [0.2, 0.25) is 13.1 Å². The summed E-state index contributed by atoms with van der Waals surface area (Å²) >= 11 is -0.826. The summed E-state index contributed by atoms with van der Waals surface area (Å²) in [6.45, 7) is 8.60. The van der Waals surface area contributed by atoms with Gasteiger partial charge in [-0.05, 0) is 48.2 Å². The molecule has 0 saturated heterocycles. The molecule has 6 aromatic carbocycles. The molecular weight excluding hydrogens is 761 g/mol. The molecule has 0 atom stereocenters.